The molecule has 2 saturated heterocycles. The predicted octanol–water partition coefficient (Wildman–Crippen LogP) is 4.59. The number of nitrogens with zero attached hydrogens (tertiary/aromatic N) is 9. The Bertz CT molecular complexity index is 1890. The molecule has 1 aromatic carbocycles. The van der Waals surface area contributed by atoms with E-state index in [9.17, 15) is 14.0 Å². The summed E-state index contributed by atoms with van der Waals surface area (Å²) in [6.07, 6.45) is 9.60. The van der Waals surface area contributed by atoms with Crippen LogP contribution in [0.2, 0.25) is 0 Å². The van der Waals surface area contributed by atoms with E-state index in [0.717, 1.165) is 5.56 Å². The van der Waals surface area contributed by atoms with Gasteiger partial charge in [-0.1, -0.05) is 17.9 Å². The number of halogens is 1. The average Bonchev–Trinajstić information content (AvgIpc) is 3.41. The Morgan fingerprint density at radius 3 is 1.57 bits per heavy atom. The molecule has 238 valence electrons. The first-order valence-electron chi connectivity index (χ1n) is 14.8. The molecule has 0 radical (unpaired) electrons. The smallest absolute Gasteiger partial charge is 0.320 e. The molecule has 2 aliphatic rings. The van der Waals surface area contributed by atoms with E-state index in [1.165, 1.54) is 24.5 Å². The van der Waals surface area contributed by atoms with Crippen molar-refractivity contribution >= 4 is 23.7 Å². The molecule has 0 spiro atoms. The second-order valence-electron chi connectivity index (χ2n) is 12.3. The summed E-state index contributed by atoms with van der Waals surface area (Å²) in [5.74, 6) is 12.3. The van der Waals surface area contributed by atoms with Crippen molar-refractivity contribution in [1.29, 1.82) is 0 Å². The molecule has 0 aliphatic carbocycles. The van der Waals surface area contributed by atoms with Crippen LogP contribution in [-0.2, 0) is 0 Å². The number of amides is 4. The number of carbonyl (C=O) groups is 2. The molecule has 4 amide bonds. The molecular weight excluding hydrogens is 597 g/mol. The van der Waals surface area contributed by atoms with Gasteiger partial charge in [0.2, 0.25) is 0 Å². The molecule has 0 saturated carbocycles. The fourth-order valence-electron chi connectivity index (χ4n) is 4.68. The standard InChI is InChI=1S/C18H17FN4O.C17H17N5O/c1-18(2)12-23(17(24)22(18)3)16-11-20-15(10-21-16)8-7-13-5-4-6-14(19)9-13;1-17(2)12-22(16(23)21(17)3)15-11-19-14(10-20-15)7-6-13-5-4-8-18-9-13/h4-6,9-11H,12H2,1-3H3;4-5,8-11H,12H2,1-3H3. The minimum Gasteiger partial charge on any atom is -0.320 e. The Balaban J connectivity index is 0.000000185. The van der Waals surface area contributed by atoms with E-state index in [1.807, 2.05) is 39.8 Å². The maximum Gasteiger partial charge on any atom is 0.326 e. The van der Waals surface area contributed by atoms with Gasteiger partial charge in [-0.15, -0.1) is 0 Å². The van der Waals surface area contributed by atoms with Gasteiger partial charge >= 0.3 is 12.1 Å². The van der Waals surface area contributed by atoms with E-state index in [4.69, 9.17) is 0 Å². The van der Waals surface area contributed by atoms with Crippen molar-refractivity contribution in [3.63, 3.8) is 0 Å². The molecule has 6 rings (SSSR count). The summed E-state index contributed by atoms with van der Waals surface area (Å²) in [6.45, 7) is 9.16. The van der Waals surface area contributed by atoms with Crippen molar-refractivity contribution in [2.75, 3.05) is 37.0 Å². The maximum atomic E-state index is 13.1. The van der Waals surface area contributed by atoms with E-state index in [2.05, 4.69) is 48.6 Å². The number of urea groups is 2. The monoisotopic (exact) mass is 631 g/mol. The first-order valence-corrected chi connectivity index (χ1v) is 14.8. The van der Waals surface area contributed by atoms with Crippen LogP contribution in [0.3, 0.4) is 0 Å². The van der Waals surface area contributed by atoms with Gasteiger partial charge in [-0.25, -0.2) is 33.9 Å². The van der Waals surface area contributed by atoms with Crippen LogP contribution in [0.15, 0.2) is 73.6 Å². The van der Waals surface area contributed by atoms with Crippen LogP contribution >= 0.6 is 0 Å². The summed E-state index contributed by atoms with van der Waals surface area (Å²) < 4.78 is 13.1. The first-order chi connectivity index (χ1) is 22.3. The van der Waals surface area contributed by atoms with Crippen molar-refractivity contribution in [2.24, 2.45) is 0 Å². The van der Waals surface area contributed by atoms with Crippen molar-refractivity contribution in [3.05, 3.63) is 102 Å². The molecule has 12 heteroatoms. The number of benzene rings is 1. The van der Waals surface area contributed by atoms with Crippen LogP contribution < -0.4 is 9.80 Å². The minimum atomic E-state index is -0.331. The normalized spacial score (nSPS) is 16.1. The van der Waals surface area contributed by atoms with Crippen LogP contribution in [0.25, 0.3) is 0 Å². The zero-order valence-corrected chi connectivity index (χ0v) is 27.1. The predicted molar refractivity (Wildman–Crippen MR) is 176 cm³/mol. The number of rotatable bonds is 2. The largest absolute Gasteiger partial charge is 0.326 e. The van der Waals surface area contributed by atoms with E-state index < -0.39 is 0 Å². The van der Waals surface area contributed by atoms with Gasteiger partial charge in [0.1, 0.15) is 17.2 Å². The van der Waals surface area contributed by atoms with E-state index in [0.29, 0.717) is 41.7 Å². The summed E-state index contributed by atoms with van der Waals surface area (Å²) in [5.41, 5.74) is 1.92. The van der Waals surface area contributed by atoms with Crippen LogP contribution in [0, 0.1) is 29.5 Å². The first kappa shape index (κ1) is 32.5. The number of carbonyl (C=O) groups excluding carboxylic acids is 2. The number of hydrogen-bond acceptors (Lipinski definition) is 7. The SMILES string of the molecule is CN1C(=O)N(c2cnc(C#Cc3cccc(F)c3)cn2)CC1(C)C.CN1C(=O)N(c2cnc(C#Cc3cccnc3)cn2)CC1(C)C. The van der Waals surface area contributed by atoms with Gasteiger partial charge in [0.05, 0.1) is 49.0 Å². The Morgan fingerprint density at radius 2 is 1.17 bits per heavy atom. The van der Waals surface area contributed by atoms with Gasteiger partial charge in [0.15, 0.2) is 11.6 Å². The quantitative estimate of drug-likeness (QED) is 0.298. The van der Waals surface area contributed by atoms with Crippen molar-refractivity contribution in [3.8, 4) is 23.7 Å². The highest BCUT2D eigenvalue weighted by molar-refractivity contribution is 5.94. The highest BCUT2D eigenvalue weighted by Gasteiger charge is 2.42. The van der Waals surface area contributed by atoms with E-state index in [-0.39, 0.29) is 29.0 Å². The topological polar surface area (TPSA) is 112 Å². The van der Waals surface area contributed by atoms with Gasteiger partial charge in [-0.3, -0.25) is 14.8 Å². The summed E-state index contributed by atoms with van der Waals surface area (Å²) in [5, 5.41) is 0. The molecule has 0 N–H and O–H groups in total. The number of aromatic nitrogens is 5. The summed E-state index contributed by atoms with van der Waals surface area (Å²) in [6, 6.07) is 9.58. The molecule has 3 aromatic heterocycles. The van der Waals surface area contributed by atoms with E-state index in [1.54, 1.807) is 70.6 Å². The lowest BCUT2D eigenvalue weighted by molar-refractivity contribution is 0.197. The third kappa shape index (κ3) is 7.51. The molecule has 0 unspecified atom stereocenters. The van der Waals surface area contributed by atoms with Crippen molar-refractivity contribution < 1.29 is 14.0 Å². The van der Waals surface area contributed by atoms with Gasteiger partial charge in [0.25, 0.3) is 0 Å². The molecule has 47 heavy (non-hydrogen) atoms. The van der Waals surface area contributed by atoms with E-state index >= 15 is 0 Å². The molecule has 5 heterocycles. The second-order valence-corrected chi connectivity index (χ2v) is 12.3. The molecule has 11 nitrogen and oxygen atoms in total. The Labute approximate surface area is 273 Å². The van der Waals surface area contributed by atoms with Crippen molar-refractivity contribution in [1.82, 2.24) is 34.7 Å². The Hall–Kier alpha value is -5.88. The van der Waals surface area contributed by atoms with Gasteiger partial charge in [-0.05, 0) is 69.9 Å². The van der Waals surface area contributed by atoms with Crippen LogP contribution in [0.4, 0.5) is 25.6 Å². The number of likely N-dealkylation sites (N-methyl/N-ethyl adjacent to an activating group) is 2. The van der Waals surface area contributed by atoms with Crippen molar-refractivity contribution in [2.45, 2.75) is 38.8 Å². The zero-order chi connectivity index (χ0) is 33.8. The fraction of sp³-hybridized carbons (Fsp3) is 0.286. The average molecular weight is 632 g/mol. The van der Waals surface area contributed by atoms with Crippen LogP contribution in [0.1, 0.15) is 50.2 Å². The molecular formula is C35H34FN9O2. The van der Waals surface area contributed by atoms with Crippen LogP contribution in [-0.4, -0.2) is 85.0 Å². The van der Waals surface area contributed by atoms with Gasteiger partial charge in [0, 0.05) is 37.6 Å². The van der Waals surface area contributed by atoms with Gasteiger partial charge < -0.3 is 9.80 Å². The number of anilines is 2. The van der Waals surface area contributed by atoms with Gasteiger partial charge in [-0.2, -0.15) is 0 Å². The molecule has 2 fully saturated rings. The molecule has 0 bridgehead atoms. The Morgan fingerprint density at radius 1 is 0.660 bits per heavy atom. The lowest BCUT2D eigenvalue weighted by Gasteiger charge is -2.24. The molecule has 0 atom stereocenters. The lowest BCUT2D eigenvalue weighted by Crippen LogP contribution is -2.38. The summed E-state index contributed by atoms with van der Waals surface area (Å²) in [4.78, 5) is 52.3. The second kappa shape index (κ2) is 13.2. The van der Waals surface area contributed by atoms with Crippen LogP contribution in [0.5, 0.6) is 0 Å². The number of pyridine rings is 1. The highest BCUT2D eigenvalue weighted by Crippen LogP contribution is 2.28. The maximum absolute atomic E-state index is 13.1. The summed E-state index contributed by atoms with van der Waals surface area (Å²) in [7, 11) is 3.57. The highest BCUT2D eigenvalue weighted by atomic mass is 19.1. The molecule has 4 aromatic rings. The fourth-order valence-corrected chi connectivity index (χ4v) is 4.68. The lowest BCUT2D eigenvalue weighted by atomic mass is 10.1. The molecule has 2 aliphatic heterocycles. The third-order valence-electron chi connectivity index (χ3n) is 7.93. The summed E-state index contributed by atoms with van der Waals surface area (Å²) >= 11 is 0. The minimum absolute atomic E-state index is 0.0708. The zero-order valence-electron chi connectivity index (χ0n) is 27.1. The Kier molecular flexibility index (Phi) is 9.15. The third-order valence-corrected chi connectivity index (χ3v) is 7.93. The number of hydrogen-bond donors (Lipinski definition) is 0.